The molecule has 0 aromatic heterocycles. The number of halogens is 3. The Labute approximate surface area is 164 Å². The Morgan fingerprint density at radius 2 is 1.79 bits per heavy atom. The molecule has 8 heteroatoms. The molecule has 1 amide bonds. The van der Waals surface area contributed by atoms with Crippen LogP contribution in [0.15, 0.2) is 18.2 Å². The van der Waals surface area contributed by atoms with Gasteiger partial charge in [0.25, 0.3) is 0 Å². The monoisotopic (exact) mass is 399 g/mol. The average molecular weight is 399 g/mol. The van der Waals surface area contributed by atoms with Crippen LogP contribution >= 0.6 is 0 Å². The van der Waals surface area contributed by atoms with Gasteiger partial charge in [-0.3, -0.25) is 0 Å². The molecule has 0 saturated carbocycles. The molecule has 28 heavy (non-hydrogen) atoms. The molecular weight excluding hydrogens is 371 g/mol. The summed E-state index contributed by atoms with van der Waals surface area (Å²) in [7, 11) is 0. The van der Waals surface area contributed by atoms with Crippen molar-refractivity contribution < 1.29 is 22.7 Å². The molecular formula is C20H28F3N3O2. The second kappa shape index (κ2) is 9.67. The van der Waals surface area contributed by atoms with Crippen LogP contribution in [0.5, 0.6) is 0 Å². The van der Waals surface area contributed by atoms with Crippen LogP contribution in [0.2, 0.25) is 0 Å². The maximum atomic E-state index is 13.1. The number of ether oxygens (including phenoxy) is 1. The molecule has 0 bridgehead atoms. The van der Waals surface area contributed by atoms with E-state index in [1.165, 1.54) is 12.1 Å². The summed E-state index contributed by atoms with van der Waals surface area (Å²) >= 11 is 0. The van der Waals surface area contributed by atoms with Gasteiger partial charge in [0.15, 0.2) is 0 Å². The standard InChI is InChI=1S/C18H22F3N3O2.C2H6/c1-17(2,3)26-16(25)23-13-6-8-24(9-7-13)14-5-4-12(11-22)15(10-14)18(19,20)21;1-2/h4-5,10,13H,6-9H2,1-3H3,(H,23,25);1-2H3. The maximum absolute atomic E-state index is 13.1. The molecule has 0 radical (unpaired) electrons. The van der Waals surface area contributed by atoms with Crippen molar-refractivity contribution in [3.63, 3.8) is 0 Å². The van der Waals surface area contributed by atoms with Gasteiger partial charge in [-0.25, -0.2) is 4.79 Å². The second-order valence-corrected chi connectivity index (χ2v) is 7.25. The zero-order chi connectivity index (χ0) is 21.5. The van der Waals surface area contributed by atoms with Crippen molar-refractivity contribution in [3.8, 4) is 6.07 Å². The summed E-state index contributed by atoms with van der Waals surface area (Å²) in [5.74, 6) is 0. The predicted molar refractivity (Wildman–Crippen MR) is 102 cm³/mol. The third kappa shape index (κ3) is 6.95. The van der Waals surface area contributed by atoms with Gasteiger partial charge in [0.1, 0.15) is 5.60 Å². The lowest BCUT2D eigenvalue weighted by Gasteiger charge is -2.34. The number of nitrogens with one attached hydrogen (secondary N) is 1. The number of anilines is 1. The molecule has 1 aliphatic heterocycles. The second-order valence-electron chi connectivity index (χ2n) is 7.25. The van der Waals surface area contributed by atoms with Gasteiger partial charge < -0.3 is 15.0 Å². The van der Waals surface area contributed by atoms with E-state index >= 15 is 0 Å². The zero-order valence-electron chi connectivity index (χ0n) is 17.0. The van der Waals surface area contributed by atoms with E-state index in [0.717, 1.165) is 6.07 Å². The molecule has 1 N–H and O–H groups in total. The lowest BCUT2D eigenvalue weighted by Crippen LogP contribution is -2.46. The van der Waals surface area contributed by atoms with Gasteiger partial charge in [0.05, 0.1) is 17.2 Å². The van der Waals surface area contributed by atoms with Crippen molar-refractivity contribution in [2.45, 2.75) is 65.3 Å². The van der Waals surface area contributed by atoms with Crippen LogP contribution in [0.3, 0.4) is 0 Å². The summed E-state index contributed by atoms with van der Waals surface area (Å²) in [6.45, 7) is 10.3. The number of carbonyl (C=O) groups is 1. The largest absolute Gasteiger partial charge is 0.444 e. The first-order valence-electron chi connectivity index (χ1n) is 9.35. The van der Waals surface area contributed by atoms with Gasteiger partial charge in [-0.05, 0) is 51.8 Å². The van der Waals surface area contributed by atoms with E-state index in [0.29, 0.717) is 31.6 Å². The van der Waals surface area contributed by atoms with E-state index in [1.807, 2.05) is 18.7 Å². The predicted octanol–water partition coefficient (Wildman–Crippen LogP) is 5.10. The Hall–Kier alpha value is -2.43. The van der Waals surface area contributed by atoms with Crippen LogP contribution < -0.4 is 10.2 Å². The number of alkyl halides is 3. The number of carbonyl (C=O) groups excluding carboxylic acids is 1. The smallest absolute Gasteiger partial charge is 0.417 e. The molecule has 1 fully saturated rings. The summed E-state index contributed by atoms with van der Waals surface area (Å²) in [6.07, 6.45) is -3.87. The summed E-state index contributed by atoms with van der Waals surface area (Å²) in [4.78, 5) is 13.6. The highest BCUT2D eigenvalue weighted by Gasteiger charge is 2.34. The fourth-order valence-corrected chi connectivity index (χ4v) is 2.82. The van der Waals surface area contributed by atoms with Crippen LogP contribution in [0.4, 0.5) is 23.7 Å². The molecule has 1 saturated heterocycles. The molecule has 0 aliphatic carbocycles. The molecule has 2 rings (SSSR count). The molecule has 1 heterocycles. The topological polar surface area (TPSA) is 65.4 Å². The van der Waals surface area contributed by atoms with E-state index < -0.39 is 23.4 Å². The van der Waals surface area contributed by atoms with Gasteiger partial charge in [0.2, 0.25) is 0 Å². The zero-order valence-corrected chi connectivity index (χ0v) is 17.0. The maximum Gasteiger partial charge on any atom is 0.417 e. The molecule has 1 aromatic carbocycles. The first-order chi connectivity index (χ1) is 13.0. The fourth-order valence-electron chi connectivity index (χ4n) is 2.82. The molecule has 156 valence electrons. The summed E-state index contributed by atoms with van der Waals surface area (Å²) < 4.78 is 44.5. The summed E-state index contributed by atoms with van der Waals surface area (Å²) in [5.41, 5.74) is -1.47. The number of amides is 1. The number of benzene rings is 1. The Morgan fingerprint density at radius 1 is 1.21 bits per heavy atom. The molecule has 0 spiro atoms. The van der Waals surface area contributed by atoms with Gasteiger partial charge in [0, 0.05) is 24.8 Å². The van der Waals surface area contributed by atoms with Crippen LogP contribution in [0.1, 0.15) is 58.6 Å². The Bertz CT molecular complexity index is 698. The number of rotatable bonds is 2. The molecule has 0 unspecified atom stereocenters. The van der Waals surface area contributed by atoms with E-state index in [1.54, 1.807) is 26.8 Å². The highest BCUT2D eigenvalue weighted by molar-refractivity contribution is 5.68. The minimum absolute atomic E-state index is 0.0819. The lowest BCUT2D eigenvalue weighted by atomic mass is 10.0. The fraction of sp³-hybridized carbons (Fsp3) is 0.600. The van der Waals surface area contributed by atoms with Crippen LogP contribution in [-0.2, 0) is 10.9 Å². The quantitative estimate of drug-likeness (QED) is 0.752. The van der Waals surface area contributed by atoms with Crippen molar-refractivity contribution in [3.05, 3.63) is 29.3 Å². The Morgan fingerprint density at radius 3 is 2.25 bits per heavy atom. The van der Waals surface area contributed by atoms with Crippen molar-refractivity contribution in [1.82, 2.24) is 5.32 Å². The Kier molecular flexibility index (Phi) is 8.15. The molecule has 5 nitrogen and oxygen atoms in total. The minimum Gasteiger partial charge on any atom is -0.444 e. The van der Waals surface area contributed by atoms with E-state index in [-0.39, 0.29) is 11.6 Å². The highest BCUT2D eigenvalue weighted by atomic mass is 19.4. The van der Waals surface area contributed by atoms with Crippen molar-refractivity contribution in [2.75, 3.05) is 18.0 Å². The normalized spacial score (nSPS) is 15.2. The van der Waals surface area contributed by atoms with Gasteiger partial charge >= 0.3 is 12.3 Å². The van der Waals surface area contributed by atoms with Gasteiger partial charge in [-0.1, -0.05) is 13.8 Å². The highest BCUT2D eigenvalue weighted by Crippen LogP contribution is 2.35. The first kappa shape index (κ1) is 23.6. The van der Waals surface area contributed by atoms with E-state index in [9.17, 15) is 18.0 Å². The van der Waals surface area contributed by atoms with Crippen molar-refractivity contribution >= 4 is 11.8 Å². The third-order valence-corrected chi connectivity index (χ3v) is 4.01. The van der Waals surface area contributed by atoms with Crippen LogP contribution in [0, 0.1) is 11.3 Å². The number of alkyl carbamates (subject to hydrolysis) is 1. The van der Waals surface area contributed by atoms with Crippen molar-refractivity contribution in [2.24, 2.45) is 0 Å². The van der Waals surface area contributed by atoms with Crippen LogP contribution in [0.25, 0.3) is 0 Å². The molecule has 1 aliphatic rings. The first-order valence-corrected chi connectivity index (χ1v) is 9.35. The summed E-state index contributed by atoms with van der Waals surface area (Å²) in [6, 6.07) is 5.23. The molecule has 0 atom stereocenters. The molecule has 1 aromatic rings. The number of hydrogen-bond acceptors (Lipinski definition) is 4. The number of nitriles is 1. The van der Waals surface area contributed by atoms with Gasteiger partial charge in [-0.2, -0.15) is 18.4 Å². The number of nitrogens with zero attached hydrogens (tertiary/aromatic N) is 2. The van der Waals surface area contributed by atoms with E-state index in [4.69, 9.17) is 10.00 Å². The lowest BCUT2D eigenvalue weighted by molar-refractivity contribution is -0.137. The summed E-state index contributed by atoms with van der Waals surface area (Å²) in [5, 5.41) is 11.7. The van der Waals surface area contributed by atoms with Gasteiger partial charge in [-0.15, -0.1) is 0 Å². The van der Waals surface area contributed by atoms with Crippen LogP contribution in [-0.4, -0.2) is 30.8 Å². The van der Waals surface area contributed by atoms with E-state index in [2.05, 4.69) is 5.32 Å². The number of hydrogen-bond donors (Lipinski definition) is 1. The third-order valence-electron chi connectivity index (χ3n) is 4.01. The Balaban J connectivity index is 0.00000190. The average Bonchev–Trinajstić information content (AvgIpc) is 2.61. The minimum atomic E-state index is -4.57. The SMILES string of the molecule is CC.CC(C)(C)OC(=O)NC1CCN(c2ccc(C#N)c(C(F)(F)F)c2)CC1. The number of piperidine rings is 1. The van der Waals surface area contributed by atoms with Crippen molar-refractivity contribution in [1.29, 1.82) is 5.26 Å².